The zero-order valence-electron chi connectivity index (χ0n) is 16.4. The van der Waals surface area contributed by atoms with Crippen LogP contribution in [0.1, 0.15) is 33.3 Å². The van der Waals surface area contributed by atoms with E-state index in [4.69, 9.17) is 4.74 Å². The summed E-state index contributed by atoms with van der Waals surface area (Å²) in [6, 6.07) is 13.4. The molecule has 31 heavy (non-hydrogen) atoms. The number of carbonyl (C=O) groups excluding carboxylic acids is 2. The van der Waals surface area contributed by atoms with E-state index in [-0.39, 0.29) is 17.8 Å². The van der Waals surface area contributed by atoms with E-state index in [0.29, 0.717) is 16.7 Å². The van der Waals surface area contributed by atoms with Crippen LogP contribution >= 0.6 is 0 Å². The predicted octanol–water partition coefficient (Wildman–Crippen LogP) is 5.43. The van der Waals surface area contributed by atoms with Crippen molar-refractivity contribution >= 4 is 17.3 Å². The molecule has 0 aliphatic heterocycles. The molecule has 4 aromatic rings. The maximum absolute atomic E-state index is 14.7. The van der Waals surface area contributed by atoms with Crippen molar-refractivity contribution in [1.82, 2.24) is 4.40 Å². The number of hydrogen-bond donors (Lipinski definition) is 0. The first-order chi connectivity index (χ1) is 14.9. The van der Waals surface area contributed by atoms with Crippen LogP contribution in [0.15, 0.2) is 66.9 Å². The highest BCUT2D eigenvalue weighted by Crippen LogP contribution is 2.32. The third-order valence-electron chi connectivity index (χ3n) is 4.87. The van der Waals surface area contributed by atoms with Crippen molar-refractivity contribution in [3.05, 3.63) is 101 Å². The van der Waals surface area contributed by atoms with E-state index in [9.17, 15) is 22.8 Å². The van der Waals surface area contributed by atoms with Gasteiger partial charge >= 0.3 is 5.97 Å². The molecular formula is C24H16F3NO3. The molecule has 0 spiro atoms. The van der Waals surface area contributed by atoms with Crippen molar-refractivity contribution in [3.8, 4) is 11.1 Å². The number of ether oxygens (including phenoxy) is 1. The molecule has 4 nitrogen and oxygen atoms in total. The summed E-state index contributed by atoms with van der Waals surface area (Å²) in [5.74, 6) is -4.02. The van der Waals surface area contributed by atoms with Gasteiger partial charge in [-0.15, -0.1) is 0 Å². The Kier molecular flexibility index (Phi) is 5.33. The van der Waals surface area contributed by atoms with Gasteiger partial charge in [0, 0.05) is 11.8 Å². The Labute approximate surface area is 175 Å². The molecule has 2 aromatic carbocycles. The molecule has 0 N–H and O–H groups in total. The summed E-state index contributed by atoms with van der Waals surface area (Å²) in [6.07, 6.45) is 1.45. The molecule has 0 amide bonds. The van der Waals surface area contributed by atoms with Crippen molar-refractivity contribution in [1.29, 1.82) is 0 Å². The van der Waals surface area contributed by atoms with E-state index in [2.05, 4.69) is 0 Å². The van der Waals surface area contributed by atoms with Crippen molar-refractivity contribution < 1.29 is 27.5 Å². The molecule has 0 aliphatic rings. The zero-order chi connectivity index (χ0) is 22.1. The highest BCUT2D eigenvalue weighted by molar-refractivity contribution is 6.10. The highest BCUT2D eigenvalue weighted by Gasteiger charge is 2.24. The zero-order valence-corrected chi connectivity index (χ0v) is 16.4. The molecule has 0 unspecified atom stereocenters. The normalized spacial score (nSPS) is 11.0. The van der Waals surface area contributed by atoms with Gasteiger partial charge in [0.1, 0.15) is 17.5 Å². The number of carbonyl (C=O) groups is 2. The summed E-state index contributed by atoms with van der Waals surface area (Å²) in [4.78, 5) is 24.9. The SMILES string of the molecule is CCOC(=O)c1ccc(-c2cc(C(=O)c3c(F)cccc3F)n3cccc(F)c23)cc1. The smallest absolute Gasteiger partial charge is 0.338 e. The number of pyridine rings is 1. The van der Waals surface area contributed by atoms with Gasteiger partial charge in [-0.1, -0.05) is 18.2 Å². The molecule has 7 heteroatoms. The third-order valence-corrected chi connectivity index (χ3v) is 4.87. The summed E-state index contributed by atoms with van der Waals surface area (Å²) < 4.78 is 49.3. The molecule has 0 aliphatic carbocycles. The Balaban J connectivity index is 1.87. The van der Waals surface area contributed by atoms with Gasteiger partial charge in [-0.05, 0) is 55.0 Å². The maximum Gasteiger partial charge on any atom is 0.338 e. The van der Waals surface area contributed by atoms with Gasteiger partial charge in [-0.2, -0.15) is 0 Å². The van der Waals surface area contributed by atoms with Crippen LogP contribution in [0.25, 0.3) is 16.6 Å². The predicted molar refractivity (Wildman–Crippen MR) is 109 cm³/mol. The Morgan fingerprint density at radius 1 is 0.903 bits per heavy atom. The minimum atomic E-state index is -1.00. The fraction of sp³-hybridized carbons (Fsp3) is 0.0833. The molecule has 0 fully saturated rings. The Bertz CT molecular complexity index is 1290. The first-order valence-electron chi connectivity index (χ1n) is 9.48. The first kappa shape index (κ1) is 20.4. The van der Waals surface area contributed by atoms with Crippen molar-refractivity contribution in [2.45, 2.75) is 6.92 Å². The van der Waals surface area contributed by atoms with Crippen molar-refractivity contribution in [2.24, 2.45) is 0 Å². The highest BCUT2D eigenvalue weighted by atomic mass is 19.1. The lowest BCUT2D eigenvalue weighted by Gasteiger charge is -2.06. The fourth-order valence-corrected chi connectivity index (χ4v) is 3.45. The van der Waals surface area contributed by atoms with E-state index in [0.717, 1.165) is 18.2 Å². The van der Waals surface area contributed by atoms with Crippen LogP contribution in [0.5, 0.6) is 0 Å². The number of nitrogens with zero attached hydrogens (tertiary/aromatic N) is 1. The summed E-state index contributed by atoms with van der Waals surface area (Å²) in [7, 11) is 0. The van der Waals surface area contributed by atoms with Crippen LogP contribution in [0.2, 0.25) is 0 Å². The Hall–Kier alpha value is -3.87. The Morgan fingerprint density at radius 3 is 2.19 bits per heavy atom. The van der Waals surface area contributed by atoms with Gasteiger partial charge in [0.15, 0.2) is 0 Å². The number of aromatic nitrogens is 1. The van der Waals surface area contributed by atoms with Gasteiger partial charge in [-0.25, -0.2) is 18.0 Å². The number of rotatable bonds is 5. The number of hydrogen-bond acceptors (Lipinski definition) is 3. The lowest BCUT2D eigenvalue weighted by Crippen LogP contribution is -2.10. The maximum atomic E-state index is 14.7. The van der Waals surface area contributed by atoms with Crippen LogP contribution in [0.3, 0.4) is 0 Å². The number of esters is 1. The molecule has 2 heterocycles. The second-order valence-corrected chi connectivity index (χ2v) is 6.74. The van der Waals surface area contributed by atoms with Crippen LogP contribution in [-0.4, -0.2) is 22.8 Å². The van der Waals surface area contributed by atoms with Crippen molar-refractivity contribution in [2.75, 3.05) is 6.61 Å². The van der Waals surface area contributed by atoms with Gasteiger partial charge in [0.05, 0.1) is 28.9 Å². The van der Waals surface area contributed by atoms with Gasteiger partial charge in [0.25, 0.3) is 0 Å². The van der Waals surface area contributed by atoms with Crippen LogP contribution < -0.4 is 0 Å². The van der Waals surface area contributed by atoms with Crippen LogP contribution in [-0.2, 0) is 4.74 Å². The molecular weight excluding hydrogens is 407 g/mol. The molecule has 4 rings (SSSR count). The largest absolute Gasteiger partial charge is 0.462 e. The Morgan fingerprint density at radius 2 is 1.55 bits per heavy atom. The molecule has 156 valence electrons. The average molecular weight is 423 g/mol. The summed E-state index contributed by atoms with van der Waals surface area (Å²) >= 11 is 0. The lowest BCUT2D eigenvalue weighted by molar-refractivity contribution is 0.0526. The summed E-state index contributed by atoms with van der Waals surface area (Å²) in [5, 5.41) is 0. The van der Waals surface area contributed by atoms with E-state index >= 15 is 0 Å². The lowest BCUT2D eigenvalue weighted by atomic mass is 10.0. The molecule has 0 atom stereocenters. The molecule has 2 aromatic heterocycles. The van der Waals surface area contributed by atoms with E-state index < -0.39 is 34.8 Å². The fourth-order valence-electron chi connectivity index (χ4n) is 3.45. The number of fused-ring (bicyclic) bond motifs is 1. The van der Waals surface area contributed by atoms with Crippen LogP contribution in [0, 0.1) is 17.5 Å². The minimum Gasteiger partial charge on any atom is -0.462 e. The summed E-state index contributed by atoms with van der Waals surface area (Å²) in [5.41, 5.74) is 0.446. The monoisotopic (exact) mass is 423 g/mol. The second kappa shape index (κ2) is 8.10. The molecule has 0 saturated carbocycles. The van der Waals surface area contributed by atoms with Crippen LogP contribution in [0.4, 0.5) is 13.2 Å². The van der Waals surface area contributed by atoms with E-state index in [1.807, 2.05) is 0 Å². The molecule has 0 bridgehead atoms. The standard InChI is InChI=1S/C24H16F3NO3/c1-2-31-24(30)15-10-8-14(9-11-15)16-13-20(28-12-4-7-19(27)22(16)28)23(29)21-17(25)5-3-6-18(21)26/h3-13H,2H2,1H3. The van der Waals surface area contributed by atoms with Gasteiger partial charge < -0.3 is 9.14 Å². The quantitative estimate of drug-likeness (QED) is 0.318. The van der Waals surface area contributed by atoms with Gasteiger partial charge in [-0.3, -0.25) is 4.79 Å². The second-order valence-electron chi connectivity index (χ2n) is 6.74. The number of ketones is 1. The molecule has 0 radical (unpaired) electrons. The van der Waals surface area contributed by atoms with Gasteiger partial charge in [0.2, 0.25) is 5.78 Å². The third kappa shape index (κ3) is 3.59. The van der Waals surface area contributed by atoms with E-state index in [1.54, 1.807) is 19.1 Å². The molecule has 0 saturated heterocycles. The summed E-state index contributed by atoms with van der Waals surface area (Å²) in [6.45, 7) is 1.92. The minimum absolute atomic E-state index is 0.0754. The van der Waals surface area contributed by atoms with E-state index in [1.165, 1.54) is 40.9 Å². The average Bonchev–Trinajstić information content (AvgIpc) is 3.15. The number of benzene rings is 2. The van der Waals surface area contributed by atoms with Crippen molar-refractivity contribution in [3.63, 3.8) is 0 Å². The topological polar surface area (TPSA) is 47.8 Å². The first-order valence-corrected chi connectivity index (χ1v) is 9.48. The number of halogens is 3.